The topological polar surface area (TPSA) is 78.0 Å². The lowest BCUT2D eigenvalue weighted by Crippen LogP contribution is -2.59. The van der Waals surface area contributed by atoms with Gasteiger partial charge in [-0.05, 0) is 30.5 Å². The Morgan fingerprint density at radius 3 is 2.52 bits per heavy atom. The van der Waals surface area contributed by atoms with Gasteiger partial charge in [0.1, 0.15) is 6.61 Å². The molecule has 0 aliphatic carbocycles. The quantitative estimate of drug-likeness (QED) is 0.723. The van der Waals surface area contributed by atoms with Crippen LogP contribution in [0.5, 0.6) is 5.88 Å². The van der Waals surface area contributed by atoms with Gasteiger partial charge in [0, 0.05) is 12.1 Å². The second kappa shape index (κ2) is 8.61. The highest BCUT2D eigenvalue weighted by Crippen LogP contribution is 2.35. The average Bonchev–Trinajstić information content (AvgIpc) is 2.76. The van der Waals surface area contributed by atoms with Crippen LogP contribution in [0.4, 0.5) is 4.79 Å². The van der Waals surface area contributed by atoms with Crippen molar-refractivity contribution in [3.8, 4) is 5.88 Å². The molecule has 0 saturated carbocycles. The molecule has 2 unspecified atom stereocenters. The summed E-state index contributed by atoms with van der Waals surface area (Å²) < 4.78 is 16.4. The predicted octanol–water partition coefficient (Wildman–Crippen LogP) is 3.09. The molecule has 2 aliphatic heterocycles. The summed E-state index contributed by atoms with van der Waals surface area (Å²) in [5.74, 6) is 0.137. The van der Waals surface area contributed by atoms with Gasteiger partial charge < -0.3 is 14.2 Å². The van der Waals surface area contributed by atoms with Crippen LogP contribution in [0.25, 0.3) is 0 Å². The smallest absolute Gasteiger partial charge is 0.410 e. The first-order valence-electron chi connectivity index (χ1n) is 9.77. The molecular formula is C22H24N2O5. The number of piperidine rings is 1. The highest BCUT2D eigenvalue weighted by molar-refractivity contribution is 6.00. The highest BCUT2D eigenvalue weighted by Gasteiger charge is 2.44. The number of aromatic nitrogens is 1. The Labute approximate surface area is 169 Å². The first kappa shape index (κ1) is 19.4. The number of fused-ring (bicyclic) bond motifs is 2. The molecule has 0 N–H and O–H groups in total. The molecule has 3 heterocycles. The number of ether oxygens (including phenoxy) is 3. The Bertz CT molecular complexity index is 859. The maximum atomic E-state index is 13.1. The van der Waals surface area contributed by atoms with Gasteiger partial charge in [0.05, 0.1) is 38.0 Å². The number of carbonyl (C=O) groups excluding carboxylic acids is 2. The Balaban J connectivity index is 1.45. The Morgan fingerprint density at radius 1 is 1.10 bits per heavy atom. The third-order valence-corrected chi connectivity index (χ3v) is 5.54. The molecule has 0 spiro atoms. The molecular weight excluding hydrogens is 372 g/mol. The van der Waals surface area contributed by atoms with Crippen LogP contribution in [0, 0.1) is 5.92 Å². The molecule has 4 rings (SSSR count). The van der Waals surface area contributed by atoms with E-state index in [4.69, 9.17) is 14.2 Å². The SMILES string of the molecule is COc1ncccc1C(=O)C1CC2COCC(C1)N2C(=O)OCc1ccccc1. The molecule has 1 aromatic carbocycles. The van der Waals surface area contributed by atoms with Gasteiger partial charge in [0.2, 0.25) is 5.88 Å². The number of morpholine rings is 1. The van der Waals surface area contributed by atoms with Crippen molar-refractivity contribution < 1.29 is 23.8 Å². The van der Waals surface area contributed by atoms with E-state index in [9.17, 15) is 9.59 Å². The lowest BCUT2D eigenvalue weighted by molar-refractivity contribution is -0.0755. The fourth-order valence-corrected chi connectivity index (χ4v) is 4.18. The monoisotopic (exact) mass is 396 g/mol. The van der Waals surface area contributed by atoms with Gasteiger partial charge in [-0.25, -0.2) is 9.78 Å². The van der Waals surface area contributed by atoms with Crippen molar-refractivity contribution >= 4 is 11.9 Å². The molecule has 1 aromatic heterocycles. The van der Waals surface area contributed by atoms with Crippen molar-refractivity contribution in [3.05, 3.63) is 59.8 Å². The van der Waals surface area contributed by atoms with Crippen molar-refractivity contribution in [1.29, 1.82) is 0 Å². The summed E-state index contributed by atoms with van der Waals surface area (Å²) >= 11 is 0. The third-order valence-electron chi connectivity index (χ3n) is 5.54. The van der Waals surface area contributed by atoms with Gasteiger partial charge in [-0.3, -0.25) is 9.69 Å². The standard InChI is InChI=1S/C22H24N2O5/c1-27-21-19(8-5-9-23-21)20(25)16-10-17-13-28-14-18(11-16)24(17)22(26)29-12-15-6-3-2-4-7-15/h2-9,16-18H,10-14H2,1H3. The number of benzene rings is 1. The van der Waals surface area contributed by atoms with Crippen molar-refractivity contribution in [3.63, 3.8) is 0 Å². The molecule has 2 aliphatic rings. The molecule has 2 bridgehead atoms. The summed E-state index contributed by atoms with van der Waals surface area (Å²) in [7, 11) is 1.51. The number of pyridine rings is 1. The number of carbonyl (C=O) groups is 2. The van der Waals surface area contributed by atoms with Crippen molar-refractivity contribution in [2.24, 2.45) is 5.92 Å². The van der Waals surface area contributed by atoms with Gasteiger partial charge in [0.25, 0.3) is 0 Å². The van der Waals surface area contributed by atoms with Crippen LogP contribution in [-0.2, 0) is 16.1 Å². The Hall–Kier alpha value is -2.93. The number of hydrogen-bond acceptors (Lipinski definition) is 6. The lowest BCUT2D eigenvalue weighted by atomic mass is 9.81. The van der Waals surface area contributed by atoms with E-state index in [2.05, 4.69) is 4.98 Å². The van der Waals surface area contributed by atoms with Crippen molar-refractivity contribution in [2.45, 2.75) is 31.5 Å². The van der Waals surface area contributed by atoms with E-state index in [1.165, 1.54) is 7.11 Å². The summed E-state index contributed by atoms with van der Waals surface area (Å²) in [5.41, 5.74) is 1.43. The average molecular weight is 396 g/mol. The number of amides is 1. The number of ketones is 1. The van der Waals surface area contributed by atoms with Gasteiger partial charge in [0.15, 0.2) is 5.78 Å². The summed E-state index contributed by atoms with van der Waals surface area (Å²) in [6, 6.07) is 12.7. The zero-order valence-electron chi connectivity index (χ0n) is 16.3. The fourth-order valence-electron chi connectivity index (χ4n) is 4.18. The minimum absolute atomic E-state index is 0.00385. The molecule has 7 heteroatoms. The van der Waals surface area contributed by atoms with Crippen LogP contribution in [0.15, 0.2) is 48.7 Å². The van der Waals surface area contributed by atoms with E-state index >= 15 is 0 Å². The van der Waals surface area contributed by atoms with Crippen LogP contribution < -0.4 is 4.74 Å². The maximum absolute atomic E-state index is 13.1. The second-order valence-electron chi connectivity index (χ2n) is 7.39. The molecule has 29 heavy (non-hydrogen) atoms. The predicted molar refractivity (Wildman–Crippen MR) is 105 cm³/mol. The molecule has 2 saturated heterocycles. The van der Waals surface area contributed by atoms with Crippen molar-refractivity contribution in [2.75, 3.05) is 20.3 Å². The molecule has 152 valence electrons. The van der Waals surface area contributed by atoms with E-state index < -0.39 is 0 Å². The number of Topliss-reactive ketones (excluding diaryl/α,β-unsaturated/α-hetero) is 1. The minimum atomic E-state index is -0.350. The van der Waals surface area contributed by atoms with Gasteiger partial charge in [-0.15, -0.1) is 0 Å². The normalized spacial score (nSPS) is 23.3. The molecule has 2 fully saturated rings. The van der Waals surface area contributed by atoms with E-state index in [1.54, 1.807) is 23.2 Å². The van der Waals surface area contributed by atoms with Gasteiger partial charge in [-0.2, -0.15) is 0 Å². The van der Waals surface area contributed by atoms with Crippen molar-refractivity contribution in [1.82, 2.24) is 9.88 Å². The van der Waals surface area contributed by atoms with Crippen LogP contribution >= 0.6 is 0 Å². The maximum Gasteiger partial charge on any atom is 0.410 e. The zero-order valence-corrected chi connectivity index (χ0v) is 16.3. The molecule has 7 nitrogen and oxygen atoms in total. The van der Waals surface area contributed by atoms with Crippen LogP contribution in [0.1, 0.15) is 28.8 Å². The fraction of sp³-hybridized carbons (Fsp3) is 0.409. The zero-order chi connectivity index (χ0) is 20.2. The van der Waals surface area contributed by atoms with Crippen LogP contribution in [0.3, 0.4) is 0 Å². The number of rotatable bonds is 5. The first-order valence-corrected chi connectivity index (χ1v) is 9.77. The summed E-state index contributed by atoms with van der Waals surface area (Å²) in [5, 5.41) is 0. The van der Waals surface area contributed by atoms with Crippen LogP contribution in [0.2, 0.25) is 0 Å². The first-order chi connectivity index (χ1) is 14.2. The van der Waals surface area contributed by atoms with E-state index in [1.807, 2.05) is 30.3 Å². The second-order valence-corrected chi connectivity index (χ2v) is 7.39. The lowest BCUT2D eigenvalue weighted by Gasteiger charge is -2.47. The minimum Gasteiger partial charge on any atom is -0.480 e. The third kappa shape index (κ3) is 4.10. The Kier molecular flexibility index (Phi) is 5.76. The summed E-state index contributed by atoms with van der Waals surface area (Å²) in [6.07, 6.45) is 2.32. The molecule has 2 atom stereocenters. The van der Waals surface area contributed by atoms with Gasteiger partial charge >= 0.3 is 6.09 Å². The molecule has 1 amide bonds. The number of methoxy groups -OCH3 is 1. The van der Waals surface area contributed by atoms with Crippen LogP contribution in [-0.4, -0.2) is 54.2 Å². The molecule has 0 radical (unpaired) electrons. The highest BCUT2D eigenvalue weighted by atomic mass is 16.6. The van der Waals surface area contributed by atoms with E-state index in [0.29, 0.717) is 37.5 Å². The summed E-state index contributed by atoms with van der Waals surface area (Å²) in [6.45, 7) is 1.04. The van der Waals surface area contributed by atoms with Gasteiger partial charge in [-0.1, -0.05) is 30.3 Å². The number of hydrogen-bond donors (Lipinski definition) is 0. The Morgan fingerprint density at radius 2 is 1.83 bits per heavy atom. The number of nitrogens with zero attached hydrogens (tertiary/aromatic N) is 2. The summed E-state index contributed by atoms with van der Waals surface area (Å²) in [4.78, 5) is 31.8. The largest absolute Gasteiger partial charge is 0.480 e. The van der Waals surface area contributed by atoms with E-state index in [-0.39, 0.29) is 36.5 Å². The molecule has 2 aromatic rings. The van der Waals surface area contributed by atoms with E-state index in [0.717, 1.165) is 5.56 Å².